The molecule has 5 rings (SSSR count). The van der Waals surface area contributed by atoms with Crippen LogP contribution in [0.2, 0.25) is 5.82 Å². The van der Waals surface area contributed by atoms with Crippen molar-refractivity contribution in [3.8, 4) is 11.5 Å². The standard InChI is InChI=1S/C18H21BN2O7/c22-8-3-13(20-5-8)17(23)21-6-9(7-21)27-14-2-1-10-11-4-12(11)19(26)28-16(10)15(14)18(24)25/h1-2,8-9,11-13,20,22,26H,3-7H2,(H,24,25)/t8-,11-,12-,13-/m0/s1/i22D. The van der Waals surface area contributed by atoms with Crippen molar-refractivity contribution < 1.29 is 34.2 Å². The highest BCUT2D eigenvalue weighted by atomic mass is 16.5. The molecule has 3 aliphatic heterocycles. The molecule has 1 aromatic carbocycles. The van der Waals surface area contributed by atoms with Gasteiger partial charge in [-0.15, -0.1) is 0 Å². The number of benzene rings is 1. The maximum absolute atomic E-state index is 12.5. The van der Waals surface area contributed by atoms with Gasteiger partial charge in [0.05, 0.1) is 25.2 Å². The summed E-state index contributed by atoms with van der Waals surface area (Å²) >= 11 is 0. The quantitative estimate of drug-likeness (QED) is 0.493. The van der Waals surface area contributed by atoms with Gasteiger partial charge in [0.2, 0.25) is 7.34 Å². The minimum Gasteiger partial charge on any atom is -0.535 e. The number of carboxylic acid groups (broad SMARTS) is 1. The number of carbonyl (C=O) groups is 2. The first kappa shape index (κ1) is 16.6. The van der Waals surface area contributed by atoms with Crippen molar-refractivity contribution in [1.82, 2.24) is 10.2 Å². The second-order valence-corrected chi connectivity index (χ2v) is 7.98. The van der Waals surface area contributed by atoms with E-state index in [2.05, 4.69) is 10.4 Å². The van der Waals surface area contributed by atoms with Crippen LogP contribution >= 0.6 is 0 Å². The maximum atomic E-state index is 12.5. The number of aliphatic hydroxyl groups is 1. The fourth-order valence-corrected chi connectivity index (χ4v) is 4.38. The number of rotatable bonds is 5. The number of aliphatic hydroxyl groups excluding tert-OH is 1. The minimum absolute atomic E-state index is 0.0337. The van der Waals surface area contributed by atoms with E-state index in [1.54, 1.807) is 17.0 Å². The van der Waals surface area contributed by atoms with Gasteiger partial charge in [0.15, 0.2) is 0 Å². The molecule has 3 fully saturated rings. The molecule has 0 bridgehead atoms. The van der Waals surface area contributed by atoms with Crippen LogP contribution in [-0.4, -0.2) is 78.4 Å². The number of hydrogen-bond acceptors (Lipinski definition) is 7. The van der Waals surface area contributed by atoms with E-state index in [4.69, 9.17) is 10.8 Å². The highest BCUT2D eigenvalue weighted by Gasteiger charge is 2.54. The van der Waals surface area contributed by atoms with Crippen molar-refractivity contribution in [3.05, 3.63) is 23.3 Å². The number of nitrogens with zero attached hydrogens (tertiary/aromatic N) is 1. The molecule has 0 spiro atoms. The largest absolute Gasteiger partial charge is 0.535 e. The lowest BCUT2D eigenvalue weighted by Gasteiger charge is -2.40. The Balaban J connectivity index is 1.26. The van der Waals surface area contributed by atoms with Gasteiger partial charge in [-0.3, -0.25) is 4.79 Å². The number of carbonyl (C=O) groups excluding carboxylic acids is 1. The molecule has 28 heavy (non-hydrogen) atoms. The lowest BCUT2D eigenvalue weighted by Crippen LogP contribution is -2.59. The van der Waals surface area contributed by atoms with Crippen LogP contribution in [0.15, 0.2) is 12.1 Å². The predicted molar refractivity (Wildman–Crippen MR) is 96.5 cm³/mol. The number of aromatic carboxylic acids is 1. The summed E-state index contributed by atoms with van der Waals surface area (Å²) in [6.45, 7) is 1.18. The van der Waals surface area contributed by atoms with Crippen molar-refractivity contribution in [2.75, 3.05) is 19.6 Å². The fraction of sp³-hybridized carbons (Fsp3) is 0.556. The van der Waals surface area contributed by atoms with Gasteiger partial charge in [0, 0.05) is 12.4 Å². The third-order valence-corrected chi connectivity index (χ3v) is 6.05. The van der Waals surface area contributed by atoms with Gasteiger partial charge in [-0.1, -0.05) is 6.07 Å². The minimum atomic E-state index is -1.17. The lowest BCUT2D eigenvalue weighted by molar-refractivity contribution is -0.142. The molecule has 0 radical (unpaired) electrons. The molecule has 4 aliphatic rings. The molecule has 1 aromatic rings. The highest BCUT2D eigenvalue weighted by molar-refractivity contribution is 6.48. The molecule has 9 nitrogen and oxygen atoms in total. The molecule has 2 saturated heterocycles. The first-order valence-corrected chi connectivity index (χ1v) is 9.52. The van der Waals surface area contributed by atoms with Crippen LogP contribution in [0.4, 0.5) is 0 Å². The summed E-state index contributed by atoms with van der Waals surface area (Å²) in [5.41, 5.74) is 0.721. The zero-order chi connectivity index (χ0) is 20.3. The van der Waals surface area contributed by atoms with Gasteiger partial charge in [-0.05, 0) is 30.4 Å². The second-order valence-electron chi connectivity index (χ2n) is 7.98. The Bertz CT molecular complexity index is 865. The molecule has 148 valence electrons. The van der Waals surface area contributed by atoms with E-state index in [0.29, 0.717) is 26.1 Å². The van der Waals surface area contributed by atoms with E-state index in [1.807, 2.05) is 0 Å². The van der Waals surface area contributed by atoms with E-state index in [9.17, 15) is 19.7 Å². The molecule has 0 aromatic heterocycles. The third kappa shape index (κ3) is 2.83. The third-order valence-electron chi connectivity index (χ3n) is 6.05. The smallest absolute Gasteiger partial charge is 0.526 e. The van der Waals surface area contributed by atoms with Crippen LogP contribution in [0, 0.1) is 0 Å². The molecular weight excluding hydrogens is 367 g/mol. The Morgan fingerprint density at radius 1 is 1.36 bits per heavy atom. The van der Waals surface area contributed by atoms with Gasteiger partial charge in [-0.2, -0.15) is 0 Å². The molecule has 0 unspecified atom stereocenters. The topological polar surface area (TPSA) is 129 Å². The van der Waals surface area contributed by atoms with Crippen molar-refractivity contribution >= 4 is 19.0 Å². The van der Waals surface area contributed by atoms with Gasteiger partial charge >= 0.3 is 13.1 Å². The summed E-state index contributed by atoms with van der Waals surface area (Å²) in [5, 5.41) is 27.3. The zero-order valence-electron chi connectivity index (χ0n) is 16.0. The molecule has 10 heteroatoms. The SMILES string of the molecule is [2H]O[C@@H]1CN[C@H](C(=O)N2CC(Oc3ccc4c(c3C(=O)O)OB(O)[C@H]3C[C@@H]43)C2)C1. The van der Waals surface area contributed by atoms with Crippen molar-refractivity contribution in [1.29, 1.82) is 1.43 Å². The lowest BCUT2D eigenvalue weighted by atomic mass is 9.77. The van der Waals surface area contributed by atoms with Gasteiger partial charge in [-0.25, -0.2) is 4.79 Å². The van der Waals surface area contributed by atoms with Gasteiger partial charge in [0.1, 0.15) is 23.2 Å². The molecule has 3 heterocycles. The predicted octanol–water partition coefficient (Wildman–Crippen LogP) is -0.572. The van der Waals surface area contributed by atoms with Crippen LogP contribution in [-0.2, 0) is 4.79 Å². The first-order chi connectivity index (χ1) is 14.0. The Kier molecular flexibility index (Phi) is 3.78. The van der Waals surface area contributed by atoms with E-state index < -0.39 is 13.1 Å². The second kappa shape index (κ2) is 6.36. The van der Waals surface area contributed by atoms with Crippen molar-refractivity contribution in [2.24, 2.45) is 0 Å². The summed E-state index contributed by atoms with van der Waals surface area (Å²) in [5.74, 6) is -0.711. The summed E-state index contributed by atoms with van der Waals surface area (Å²) in [4.78, 5) is 26.0. The van der Waals surface area contributed by atoms with Crippen molar-refractivity contribution in [3.63, 3.8) is 0 Å². The first-order valence-electron chi connectivity index (χ1n) is 9.92. The Hall–Kier alpha value is -2.30. The fourth-order valence-electron chi connectivity index (χ4n) is 4.38. The molecule has 4 N–H and O–H groups in total. The Labute approximate surface area is 162 Å². The average Bonchev–Trinajstić information content (AvgIpc) is 3.33. The number of nitrogens with one attached hydrogen (secondary N) is 1. The number of likely N-dealkylation sites (tertiary alicyclic amines) is 1. The average molecular weight is 389 g/mol. The summed E-state index contributed by atoms with van der Waals surface area (Å²) in [7, 11) is -0.992. The molecule has 4 atom stereocenters. The van der Waals surface area contributed by atoms with E-state index >= 15 is 0 Å². The molecule has 1 saturated carbocycles. The van der Waals surface area contributed by atoms with Gasteiger partial charge < -0.3 is 34.8 Å². The number of fused-ring (bicyclic) bond motifs is 3. The Morgan fingerprint density at radius 3 is 2.89 bits per heavy atom. The van der Waals surface area contributed by atoms with E-state index in [1.165, 1.54) is 0 Å². The van der Waals surface area contributed by atoms with Crippen LogP contribution in [0.1, 0.15) is 34.7 Å². The van der Waals surface area contributed by atoms with Crippen molar-refractivity contribution in [2.45, 2.75) is 42.8 Å². The molecular formula is C18H21BN2O7. The molecule has 1 amide bonds. The van der Waals surface area contributed by atoms with Crippen LogP contribution in [0.25, 0.3) is 0 Å². The highest BCUT2D eigenvalue weighted by Crippen LogP contribution is 2.60. The number of carboxylic acids is 1. The zero-order valence-corrected chi connectivity index (χ0v) is 15.0. The summed E-state index contributed by atoms with van der Waals surface area (Å²) < 4.78 is 18.3. The number of ether oxygens (including phenoxy) is 1. The summed E-state index contributed by atoms with van der Waals surface area (Å²) in [6, 6.07) is 3.07. The normalized spacial score (nSPS) is 31.2. The summed E-state index contributed by atoms with van der Waals surface area (Å²) in [6.07, 6.45) is 0.642. The van der Waals surface area contributed by atoms with E-state index in [0.717, 1.165) is 12.0 Å². The van der Waals surface area contributed by atoms with E-state index in [-0.39, 0.29) is 53.0 Å². The molecule has 1 aliphatic carbocycles. The van der Waals surface area contributed by atoms with Crippen LogP contribution in [0.5, 0.6) is 11.5 Å². The number of hydrogen-bond donors (Lipinski definition) is 4. The Morgan fingerprint density at radius 2 is 2.18 bits per heavy atom. The monoisotopic (exact) mass is 389 g/mol. The maximum Gasteiger partial charge on any atom is 0.526 e. The van der Waals surface area contributed by atoms with Crippen LogP contribution in [0.3, 0.4) is 0 Å². The number of β-amino-alcohol motifs (C(OH)–C–C–N with tert-alkyl or cyclic N) is 1. The van der Waals surface area contributed by atoms with Crippen LogP contribution < -0.4 is 14.7 Å². The number of amides is 1. The van der Waals surface area contributed by atoms with Gasteiger partial charge in [0.25, 0.3) is 0 Å².